The summed E-state index contributed by atoms with van der Waals surface area (Å²) in [5.41, 5.74) is 0. The van der Waals surface area contributed by atoms with E-state index in [4.69, 9.17) is 5.11 Å². The van der Waals surface area contributed by atoms with E-state index in [9.17, 15) is 9.59 Å². The van der Waals surface area contributed by atoms with E-state index in [0.29, 0.717) is 12.3 Å². The van der Waals surface area contributed by atoms with Gasteiger partial charge in [-0.2, -0.15) is 0 Å². The van der Waals surface area contributed by atoms with Gasteiger partial charge in [-0.05, 0) is 31.6 Å². The highest BCUT2D eigenvalue weighted by atomic mass is 16.4. The van der Waals surface area contributed by atoms with Crippen molar-refractivity contribution < 1.29 is 14.7 Å². The zero-order valence-corrected chi connectivity index (χ0v) is 13.4. The maximum absolute atomic E-state index is 11.8. The molecule has 0 aliphatic rings. The summed E-state index contributed by atoms with van der Waals surface area (Å²) in [6, 6.07) is -1.16. The number of urea groups is 1. The average Bonchev–Trinajstić information content (AvgIpc) is 2.26. The molecule has 0 aromatic rings. The Hall–Kier alpha value is -1.26. The summed E-state index contributed by atoms with van der Waals surface area (Å²) in [4.78, 5) is 22.8. The van der Waals surface area contributed by atoms with E-state index < -0.39 is 18.0 Å². The van der Waals surface area contributed by atoms with Crippen LogP contribution in [0.4, 0.5) is 4.79 Å². The number of aliphatic carboxylic acids is 1. The van der Waals surface area contributed by atoms with E-state index >= 15 is 0 Å². The van der Waals surface area contributed by atoms with Gasteiger partial charge in [-0.1, -0.05) is 40.5 Å². The maximum Gasteiger partial charge on any atom is 0.326 e. The van der Waals surface area contributed by atoms with Crippen LogP contribution in [0.25, 0.3) is 0 Å². The quantitative estimate of drug-likeness (QED) is 0.609. The Morgan fingerprint density at radius 2 is 1.55 bits per heavy atom. The van der Waals surface area contributed by atoms with Gasteiger partial charge in [0.25, 0.3) is 0 Å². The smallest absolute Gasteiger partial charge is 0.326 e. The molecule has 0 saturated heterocycles. The maximum atomic E-state index is 11.8. The third kappa shape index (κ3) is 9.64. The van der Waals surface area contributed by atoms with Gasteiger partial charge in [-0.15, -0.1) is 0 Å². The second kappa shape index (κ2) is 9.61. The Balaban J connectivity index is 4.08. The second-order valence-corrected chi connectivity index (χ2v) is 6.36. The van der Waals surface area contributed by atoms with Gasteiger partial charge in [0.15, 0.2) is 0 Å². The van der Waals surface area contributed by atoms with Crippen LogP contribution in [0.3, 0.4) is 0 Å². The lowest BCUT2D eigenvalue weighted by atomic mass is 10.0. The molecule has 0 saturated carbocycles. The van der Waals surface area contributed by atoms with Crippen LogP contribution in [0.15, 0.2) is 0 Å². The second-order valence-electron chi connectivity index (χ2n) is 6.36. The predicted molar refractivity (Wildman–Crippen MR) is 80.7 cm³/mol. The molecule has 0 aromatic heterocycles. The number of rotatable bonds is 9. The van der Waals surface area contributed by atoms with E-state index in [2.05, 4.69) is 24.5 Å². The zero-order valence-electron chi connectivity index (χ0n) is 13.4. The summed E-state index contributed by atoms with van der Waals surface area (Å²) < 4.78 is 0. The molecule has 5 nitrogen and oxygen atoms in total. The molecular weight excluding hydrogens is 256 g/mol. The van der Waals surface area contributed by atoms with E-state index in [1.807, 2.05) is 20.8 Å². The summed E-state index contributed by atoms with van der Waals surface area (Å²) in [5.74, 6) is -0.0976. The molecule has 0 heterocycles. The number of amides is 2. The third-order valence-electron chi connectivity index (χ3n) is 3.11. The molecule has 2 atom stereocenters. The topological polar surface area (TPSA) is 78.4 Å². The van der Waals surface area contributed by atoms with Gasteiger partial charge in [0.05, 0.1) is 0 Å². The number of nitrogens with one attached hydrogen (secondary N) is 2. The Labute approximate surface area is 122 Å². The number of carboxylic acid groups (broad SMARTS) is 1. The van der Waals surface area contributed by atoms with Crippen molar-refractivity contribution in [3.05, 3.63) is 0 Å². The highest BCUT2D eigenvalue weighted by Crippen LogP contribution is 2.08. The Morgan fingerprint density at radius 1 is 0.950 bits per heavy atom. The van der Waals surface area contributed by atoms with E-state index in [1.54, 1.807) is 0 Å². The van der Waals surface area contributed by atoms with Crippen molar-refractivity contribution in [2.24, 2.45) is 11.8 Å². The fourth-order valence-corrected chi connectivity index (χ4v) is 2.02. The van der Waals surface area contributed by atoms with Gasteiger partial charge in [0.2, 0.25) is 0 Å². The highest BCUT2D eigenvalue weighted by Gasteiger charge is 2.21. The lowest BCUT2D eigenvalue weighted by Gasteiger charge is -2.19. The molecule has 0 radical (unpaired) electrons. The van der Waals surface area contributed by atoms with Crippen LogP contribution in [0.1, 0.15) is 60.3 Å². The van der Waals surface area contributed by atoms with Crippen molar-refractivity contribution in [1.29, 1.82) is 0 Å². The number of carboxylic acids is 1. The predicted octanol–water partition coefficient (Wildman–Crippen LogP) is 3.00. The van der Waals surface area contributed by atoms with Crippen LogP contribution < -0.4 is 10.6 Å². The van der Waals surface area contributed by atoms with Gasteiger partial charge in [-0.3, -0.25) is 0 Å². The monoisotopic (exact) mass is 286 g/mol. The Morgan fingerprint density at radius 3 is 2.00 bits per heavy atom. The first-order chi connectivity index (χ1) is 9.22. The molecule has 1 unspecified atom stereocenters. The lowest BCUT2D eigenvalue weighted by Crippen LogP contribution is -2.48. The number of carbonyl (C=O) groups is 2. The van der Waals surface area contributed by atoms with Crippen molar-refractivity contribution in [3.63, 3.8) is 0 Å². The summed E-state index contributed by atoms with van der Waals surface area (Å²) in [6.07, 6.45) is 3.55. The molecule has 0 aliphatic carbocycles. The highest BCUT2D eigenvalue weighted by molar-refractivity contribution is 5.82. The first-order valence-electron chi connectivity index (χ1n) is 7.52. The first-order valence-corrected chi connectivity index (χ1v) is 7.52. The molecule has 0 bridgehead atoms. The van der Waals surface area contributed by atoms with Gasteiger partial charge in [0.1, 0.15) is 6.04 Å². The Bertz CT molecular complexity index is 303. The number of carbonyl (C=O) groups excluding carboxylic acids is 1. The van der Waals surface area contributed by atoms with Crippen LogP contribution in [-0.4, -0.2) is 29.2 Å². The minimum atomic E-state index is -0.985. The molecule has 0 aliphatic heterocycles. The minimum absolute atomic E-state index is 0.0576. The molecule has 3 N–H and O–H groups in total. The zero-order chi connectivity index (χ0) is 15.7. The average molecular weight is 286 g/mol. The van der Waals surface area contributed by atoms with Crippen molar-refractivity contribution in [1.82, 2.24) is 10.6 Å². The summed E-state index contributed by atoms with van der Waals surface area (Å²) >= 11 is 0. The number of hydrogen-bond donors (Lipinski definition) is 3. The van der Waals surface area contributed by atoms with Gasteiger partial charge in [-0.25, -0.2) is 9.59 Å². The summed E-state index contributed by atoms with van der Waals surface area (Å²) in [5, 5.41) is 14.4. The standard InChI is InChI=1S/C15H30N2O3/c1-10(2)7-6-8-12(5)16-15(20)17-13(14(18)19)9-11(3)4/h10-13H,6-9H2,1-5H3,(H,18,19)(H2,16,17,20)/t12?,13-/m1/s1. The van der Waals surface area contributed by atoms with Crippen LogP contribution in [-0.2, 0) is 4.79 Å². The van der Waals surface area contributed by atoms with Crippen molar-refractivity contribution >= 4 is 12.0 Å². The fraction of sp³-hybridized carbons (Fsp3) is 0.867. The van der Waals surface area contributed by atoms with Gasteiger partial charge >= 0.3 is 12.0 Å². The summed E-state index contributed by atoms with van der Waals surface area (Å²) in [6.45, 7) is 10.2. The molecule has 118 valence electrons. The van der Waals surface area contributed by atoms with Crippen molar-refractivity contribution in [3.8, 4) is 0 Å². The molecule has 0 spiro atoms. The lowest BCUT2D eigenvalue weighted by molar-refractivity contribution is -0.139. The normalized spacial score (nSPS) is 14.2. The third-order valence-corrected chi connectivity index (χ3v) is 3.11. The SMILES string of the molecule is CC(C)CCCC(C)NC(=O)N[C@H](CC(C)C)C(=O)O. The van der Waals surface area contributed by atoms with Crippen molar-refractivity contribution in [2.45, 2.75) is 72.4 Å². The molecule has 5 heteroatoms. The van der Waals surface area contributed by atoms with Crippen LogP contribution in [0.2, 0.25) is 0 Å². The number of hydrogen-bond acceptors (Lipinski definition) is 2. The molecule has 0 fully saturated rings. The molecule has 2 amide bonds. The van der Waals surface area contributed by atoms with Crippen molar-refractivity contribution in [2.75, 3.05) is 0 Å². The van der Waals surface area contributed by atoms with Crippen LogP contribution in [0.5, 0.6) is 0 Å². The largest absolute Gasteiger partial charge is 0.480 e. The van der Waals surface area contributed by atoms with Gasteiger partial charge in [0, 0.05) is 6.04 Å². The van der Waals surface area contributed by atoms with Gasteiger partial charge < -0.3 is 15.7 Å². The summed E-state index contributed by atoms with van der Waals surface area (Å²) in [7, 11) is 0. The Kier molecular flexibility index (Phi) is 9.01. The van der Waals surface area contributed by atoms with E-state index in [-0.39, 0.29) is 12.0 Å². The van der Waals surface area contributed by atoms with Crippen LogP contribution in [0, 0.1) is 11.8 Å². The molecule has 0 aromatic carbocycles. The van der Waals surface area contributed by atoms with E-state index in [1.165, 1.54) is 0 Å². The molecular formula is C15H30N2O3. The minimum Gasteiger partial charge on any atom is -0.480 e. The first kappa shape index (κ1) is 18.7. The molecule has 20 heavy (non-hydrogen) atoms. The van der Waals surface area contributed by atoms with E-state index in [0.717, 1.165) is 19.3 Å². The fourth-order valence-electron chi connectivity index (χ4n) is 2.02. The van der Waals surface area contributed by atoms with Crippen LogP contribution >= 0.6 is 0 Å². The molecule has 0 rings (SSSR count).